The number of fused-ring (bicyclic) bond motifs is 1. The summed E-state index contributed by atoms with van der Waals surface area (Å²) in [6, 6.07) is 5.03. The lowest BCUT2D eigenvalue weighted by Gasteiger charge is -2.09. The number of hydrogen-bond acceptors (Lipinski definition) is 3. The smallest absolute Gasteiger partial charge is 0.179 e. The summed E-state index contributed by atoms with van der Waals surface area (Å²) in [6.45, 7) is 0.812. The van der Waals surface area contributed by atoms with Gasteiger partial charge in [0.2, 0.25) is 0 Å². The molecular weight excluding hydrogens is 246 g/mol. The summed E-state index contributed by atoms with van der Waals surface area (Å²) in [7, 11) is -1.22. The molecule has 0 bridgehead atoms. The van der Waals surface area contributed by atoms with Gasteiger partial charge >= 0.3 is 0 Å². The molecule has 16 heavy (non-hydrogen) atoms. The average molecular weight is 260 g/mol. The molecule has 0 amide bonds. The lowest BCUT2D eigenvalue weighted by Crippen LogP contribution is -2.13. The van der Waals surface area contributed by atoms with Crippen molar-refractivity contribution < 1.29 is 8.42 Å². The van der Waals surface area contributed by atoms with Crippen LogP contribution >= 0.6 is 11.6 Å². The van der Waals surface area contributed by atoms with Gasteiger partial charge < -0.3 is 5.32 Å². The standard InChI is InChI=1S/C11H14ClNO2S/c1-13-5-4-8-7-16(14,15)11-3-2-9(12)6-10(8)11/h2-3,6,8,13H,4-5,7H2,1H3. The zero-order chi connectivity index (χ0) is 11.8. The topological polar surface area (TPSA) is 46.2 Å². The highest BCUT2D eigenvalue weighted by molar-refractivity contribution is 7.91. The highest BCUT2D eigenvalue weighted by atomic mass is 35.5. The van der Waals surface area contributed by atoms with Crippen LogP contribution in [0, 0.1) is 0 Å². The fourth-order valence-electron chi connectivity index (χ4n) is 2.12. The molecule has 0 fully saturated rings. The molecule has 1 atom stereocenters. The van der Waals surface area contributed by atoms with Crippen LogP contribution in [0.25, 0.3) is 0 Å². The quantitative estimate of drug-likeness (QED) is 0.901. The Morgan fingerprint density at radius 2 is 2.25 bits per heavy atom. The maximum absolute atomic E-state index is 11.9. The van der Waals surface area contributed by atoms with Gasteiger partial charge in [0.1, 0.15) is 0 Å². The monoisotopic (exact) mass is 259 g/mol. The van der Waals surface area contributed by atoms with E-state index in [1.165, 1.54) is 0 Å². The first-order valence-electron chi connectivity index (χ1n) is 5.21. The van der Waals surface area contributed by atoms with E-state index in [-0.39, 0.29) is 11.7 Å². The van der Waals surface area contributed by atoms with Gasteiger partial charge in [-0.25, -0.2) is 8.42 Å². The molecule has 1 aliphatic heterocycles. The van der Waals surface area contributed by atoms with Crippen LogP contribution in [0.3, 0.4) is 0 Å². The van der Waals surface area contributed by atoms with Crippen molar-refractivity contribution in [3.8, 4) is 0 Å². The van der Waals surface area contributed by atoms with Crippen molar-refractivity contribution in [1.29, 1.82) is 0 Å². The largest absolute Gasteiger partial charge is 0.320 e. The normalized spacial score (nSPS) is 22.0. The summed E-state index contributed by atoms with van der Waals surface area (Å²) < 4.78 is 23.7. The minimum Gasteiger partial charge on any atom is -0.320 e. The molecule has 5 heteroatoms. The molecular formula is C11H14ClNO2S. The van der Waals surface area contributed by atoms with Crippen molar-refractivity contribution in [3.05, 3.63) is 28.8 Å². The van der Waals surface area contributed by atoms with E-state index < -0.39 is 9.84 Å². The Morgan fingerprint density at radius 3 is 2.94 bits per heavy atom. The van der Waals surface area contributed by atoms with E-state index in [0.29, 0.717) is 9.92 Å². The van der Waals surface area contributed by atoms with Crippen LogP contribution in [-0.2, 0) is 9.84 Å². The van der Waals surface area contributed by atoms with Gasteiger partial charge in [-0.3, -0.25) is 0 Å². The van der Waals surface area contributed by atoms with E-state index in [1.807, 2.05) is 7.05 Å². The molecule has 1 aromatic rings. The maximum atomic E-state index is 11.9. The summed E-state index contributed by atoms with van der Waals surface area (Å²) in [5.74, 6) is 0.288. The van der Waals surface area contributed by atoms with Gasteiger partial charge in [-0.1, -0.05) is 11.6 Å². The molecule has 1 aliphatic rings. The molecule has 0 saturated carbocycles. The van der Waals surface area contributed by atoms with Crippen molar-refractivity contribution in [1.82, 2.24) is 5.32 Å². The number of halogens is 1. The highest BCUT2D eigenvalue weighted by Crippen LogP contribution is 2.38. The second kappa shape index (κ2) is 4.35. The van der Waals surface area contributed by atoms with Gasteiger partial charge in [-0.2, -0.15) is 0 Å². The number of nitrogens with one attached hydrogen (secondary N) is 1. The Morgan fingerprint density at radius 1 is 1.50 bits per heavy atom. The predicted molar refractivity (Wildman–Crippen MR) is 64.8 cm³/mol. The minimum absolute atomic E-state index is 0.0751. The van der Waals surface area contributed by atoms with Crippen molar-refractivity contribution in [2.24, 2.45) is 0 Å². The van der Waals surface area contributed by atoms with Gasteiger partial charge in [-0.05, 0) is 43.8 Å². The summed E-state index contributed by atoms with van der Waals surface area (Å²) in [5.41, 5.74) is 0.878. The Balaban J connectivity index is 2.40. The molecule has 3 nitrogen and oxygen atoms in total. The number of hydrogen-bond donors (Lipinski definition) is 1. The summed E-state index contributed by atoms with van der Waals surface area (Å²) in [4.78, 5) is 0.456. The van der Waals surface area contributed by atoms with Crippen molar-refractivity contribution in [3.63, 3.8) is 0 Å². The number of sulfone groups is 1. The van der Waals surface area contributed by atoms with Crippen LogP contribution in [0.4, 0.5) is 0 Å². The molecule has 0 radical (unpaired) electrons. The zero-order valence-electron chi connectivity index (χ0n) is 9.03. The fraction of sp³-hybridized carbons (Fsp3) is 0.455. The zero-order valence-corrected chi connectivity index (χ0v) is 10.6. The third kappa shape index (κ3) is 2.10. The summed E-state index contributed by atoms with van der Waals surface area (Å²) in [6.07, 6.45) is 0.822. The molecule has 1 aromatic carbocycles. The number of rotatable bonds is 3. The van der Waals surface area contributed by atoms with Gasteiger partial charge in [0.15, 0.2) is 9.84 Å². The lowest BCUT2D eigenvalue weighted by atomic mass is 9.98. The van der Waals surface area contributed by atoms with Crippen LogP contribution in [0.1, 0.15) is 17.9 Å². The van der Waals surface area contributed by atoms with E-state index in [1.54, 1.807) is 18.2 Å². The van der Waals surface area contributed by atoms with Gasteiger partial charge in [0, 0.05) is 10.9 Å². The van der Waals surface area contributed by atoms with E-state index in [0.717, 1.165) is 18.5 Å². The molecule has 2 rings (SSSR count). The molecule has 1 N–H and O–H groups in total. The van der Waals surface area contributed by atoms with Crippen LogP contribution < -0.4 is 5.32 Å². The van der Waals surface area contributed by atoms with E-state index in [9.17, 15) is 8.42 Å². The summed E-state index contributed by atoms with van der Waals surface area (Å²) in [5, 5.41) is 3.64. The highest BCUT2D eigenvalue weighted by Gasteiger charge is 2.34. The first-order valence-corrected chi connectivity index (χ1v) is 7.24. The number of benzene rings is 1. The molecule has 0 aromatic heterocycles. The Labute approximate surface area is 101 Å². The molecule has 88 valence electrons. The lowest BCUT2D eigenvalue weighted by molar-refractivity contribution is 0.591. The van der Waals surface area contributed by atoms with E-state index in [2.05, 4.69) is 5.32 Å². The van der Waals surface area contributed by atoms with Crippen molar-refractivity contribution in [2.75, 3.05) is 19.3 Å². The Kier molecular flexibility index (Phi) is 3.24. The molecule has 0 aliphatic carbocycles. The second-order valence-corrected chi connectivity index (χ2v) is 6.49. The Hall–Kier alpha value is -0.580. The van der Waals surface area contributed by atoms with Gasteiger partial charge in [-0.15, -0.1) is 0 Å². The van der Waals surface area contributed by atoms with E-state index >= 15 is 0 Å². The maximum Gasteiger partial charge on any atom is 0.179 e. The van der Waals surface area contributed by atoms with E-state index in [4.69, 9.17) is 11.6 Å². The third-order valence-corrected chi connectivity index (χ3v) is 5.03. The fourth-order valence-corrected chi connectivity index (χ4v) is 4.22. The molecule has 0 saturated heterocycles. The average Bonchev–Trinajstić information content (AvgIpc) is 2.47. The van der Waals surface area contributed by atoms with Gasteiger partial charge in [0.25, 0.3) is 0 Å². The van der Waals surface area contributed by atoms with Crippen LogP contribution in [-0.4, -0.2) is 27.8 Å². The van der Waals surface area contributed by atoms with Crippen LogP contribution in [0.15, 0.2) is 23.1 Å². The minimum atomic E-state index is -3.09. The molecule has 1 heterocycles. The predicted octanol–water partition coefficient (Wildman–Crippen LogP) is 1.82. The first-order chi connectivity index (χ1) is 7.54. The SMILES string of the molecule is CNCCC1CS(=O)(=O)c2ccc(Cl)cc21. The Bertz CT molecular complexity index is 499. The molecule has 1 unspecified atom stereocenters. The van der Waals surface area contributed by atoms with Crippen molar-refractivity contribution in [2.45, 2.75) is 17.2 Å². The third-order valence-electron chi connectivity index (χ3n) is 2.91. The summed E-state index contributed by atoms with van der Waals surface area (Å²) >= 11 is 5.91. The second-order valence-electron chi connectivity index (χ2n) is 4.05. The molecule has 0 spiro atoms. The van der Waals surface area contributed by atoms with Crippen molar-refractivity contribution >= 4 is 21.4 Å². The van der Waals surface area contributed by atoms with Gasteiger partial charge in [0.05, 0.1) is 10.6 Å². The van der Waals surface area contributed by atoms with Crippen LogP contribution in [0.5, 0.6) is 0 Å². The first kappa shape index (κ1) is 11.9. The van der Waals surface area contributed by atoms with Crippen LogP contribution in [0.2, 0.25) is 5.02 Å².